The highest BCUT2D eigenvalue weighted by Gasteiger charge is 2.35. The molecule has 2 aromatic rings. The predicted octanol–water partition coefficient (Wildman–Crippen LogP) is 2.25. The monoisotopic (exact) mass is 385 g/mol. The van der Waals surface area contributed by atoms with Crippen LogP contribution >= 0.6 is 0 Å². The molecule has 0 unspecified atom stereocenters. The molecule has 1 aliphatic rings. The number of hydrogen-bond acceptors (Lipinski definition) is 6. The van der Waals surface area contributed by atoms with Gasteiger partial charge in [-0.25, -0.2) is 4.39 Å². The molecule has 8 heteroatoms. The lowest BCUT2D eigenvalue weighted by molar-refractivity contribution is -0.142. The molecule has 7 nitrogen and oxygen atoms in total. The Bertz CT molecular complexity index is 936. The molecule has 0 radical (unpaired) electrons. The summed E-state index contributed by atoms with van der Waals surface area (Å²) in [4.78, 5) is 49.3. The Morgan fingerprint density at radius 2 is 1.68 bits per heavy atom. The van der Waals surface area contributed by atoms with Crippen molar-refractivity contribution in [2.24, 2.45) is 0 Å². The van der Waals surface area contributed by atoms with Crippen molar-refractivity contribution in [2.45, 2.75) is 6.42 Å². The third kappa shape index (κ3) is 3.75. The summed E-state index contributed by atoms with van der Waals surface area (Å²) in [6.07, 6.45) is -0.254. The number of halogens is 1. The van der Waals surface area contributed by atoms with Gasteiger partial charge in [0, 0.05) is 12.1 Å². The summed E-state index contributed by atoms with van der Waals surface area (Å²) in [6.45, 7) is -0.733. The number of rotatable bonds is 7. The zero-order valence-electron chi connectivity index (χ0n) is 14.9. The molecule has 0 aromatic heterocycles. The van der Waals surface area contributed by atoms with Crippen LogP contribution in [0.1, 0.15) is 37.5 Å². The van der Waals surface area contributed by atoms with Crippen LogP contribution in [0.4, 0.5) is 4.39 Å². The van der Waals surface area contributed by atoms with Gasteiger partial charge in [-0.15, -0.1) is 0 Å². The number of Topliss-reactive ketones (excluding diaryl/α,β-unsaturated/α-hetero) is 1. The Morgan fingerprint density at radius 3 is 2.25 bits per heavy atom. The van der Waals surface area contributed by atoms with E-state index >= 15 is 0 Å². The second-order valence-corrected chi connectivity index (χ2v) is 5.99. The summed E-state index contributed by atoms with van der Waals surface area (Å²) in [7, 11) is 1.30. The van der Waals surface area contributed by atoms with E-state index in [0.29, 0.717) is 0 Å². The fraction of sp³-hybridized carbons (Fsp3) is 0.200. The van der Waals surface area contributed by atoms with E-state index in [4.69, 9.17) is 9.47 Å². The number of hydrogen-bond donors (Lipinski definition) is 0. The Kier molecular flexibility index (Phi) is 5.49. The first-order valence-corrected chi connectivity index (χ1v) is 8.40. The van der Waals surface area contributed by atoms with Gasteiger partial charge < -0.3 is 9.47 Å². The quantitative estimate of drug-likeness (QED) is 0.413. The van der Waals surface area contributed by atoms with E-state index in [1.165, 1.54) is 19.2 Å². The van der Waals surface area contributed by atoms with Gasteiger partial charge >= 0.3 is 5.97 Å². The van der Waals surface area contributed by atoms with Crippen molar-refractivity contribution >= 4 is 23.6 Å². The highest BCUT2D eigenvalue weighted by atomic mass is 19.1. The SMILES string of the molecule is COc1ccc(C(=O)COC(=O)CCN2C(=O)c3ccccc3C2=O)cc1F. The first-order chi connectivity index (χ1) is 13.4. The Balaban J connectivity index is 1.51. The van der Waals surface area contributed by atoms with Crippen LogP contribution in [-0.2, 0) is 9.53 Å². The Labute approximate surface area is 159 Å². The van der Waals surface area contributed by atoms with Gasteiger partial charge in [0.25, 0.3) is 11.8 Å². The average molecular weight is 385 g/mol. The van der Waals surface area contributed by atoms with Crippen molar-refractivity contribution in [3.05, 3.63) is 65.0 Å². The fourth-order valence-electron chi connectivity index (χ4n) is 2.79. The van der Waals surface area contributed by atoms with Crippen LogP contribution in [0.15, 0.2) is 42.5 Å². The van der Waals surface area contributed by atoms with Gasteiger partial charge in [-0.1, -0.05) is 12.1 Å². The third-order valence-electron chi connectivity index (χ3n) is 4.26. The molecule has 1 heterocycles. The average Bonchev–Trinajstić information content (AvgIpc) is 2.95. The maximum Gasteiger partial charge on any atom is 0.308 e. The molecule has 1 aliphatic heterocycles. The number of fused-ring (bicyclic) bond motifs is 1. The minimum absolute atomic E-state index is 0.00510. The van der Waals surface area contributed by atoms with Crippen LogP contribution in [0.3, 0.4) is 0 Å². The van der Waals surface area contributed by atoms with E-state index in [0.717, 1.165) is 11.0 Å². The van der Waals surface area contributed by atoms with Gasteiger partial charge in [-0.3, -0.25) is 24.1 Å². The van der Waals surface area contributed by atoms with Crippen LogP contribution in [-0.4, -0.2) is 48.7 Å². The molecule has 0 N–H and O–H groups in total. The number of esters is 1. The molecule has 2 aromatic carbocycles. The molecule has 0 saturated heterocycles. The molecule has 0 bridgehead atoms. The van der Waals surface area contributed by atoms with Crippen LogP contribution in [0, 0.1) is 5.82 Å². The second kappa shape index (κ2) is 7.99. The summed E-state index contributed by atoms with van der Waals surface area (Å²) >= 11 is 0. The van der Waals surface area contributed by atoms with E-state index in [9.17, 15) is 23.6 Å². The first-order valence-electron chi connectivity index (χ1n) is 8.40. The molecule has 0 saturated carbocycles. The number of amides is 2. The van der Waals surface area contributed by atoms with Crippen LogP contribution in [0.25, 0.3) is 0 Å². The highest BCUT2D eigenvalue weighted by molar-refractivity contribution is 6.21. The van der Waals surface area contributed by atoms with Gasteiger partial charge in [0.15, 0.2) is 24.0 Å². The van der Waals surface area contributed by atoms with Crippen LogP contribution in [0.5, 0.6) is 5.75 Å². The smallest absolute Gasteiger partial charge is 0.308 e. The Morgan fingerprint density at radius 1 is 1.04 bits per heavy atom. The number of ketones is 1. The summed E-state index contributed by atoms with van der Waals surface area (Å²) in [5.41, 5.74) is 0.613. The van der Waals surface area contributed by atoms with Crippen molar-refractivity contribution < 1.29 is 33.0 Å². The lowest BCUT2D eigenvalue weighted by atomic mass is 10.1. The largest absolute Gasteiger partial charge is 0.494 e. The van der Waals surface area contributed by atoms with Crippen molar-refractivity contribution in [1.29, 1.82) is 0 Å². The van der Waals surface area contributed by atoms with E-state index in [1.54, 1.807) is 24.3 Å². The number of imide groups is 1. The minimum Gasteiger partial charge on any atom is -0.494 e. The molecule has 144 valence electrons. The van der Waals surface area contributed by atoms with Crippen molar-refractivity contribution in [1.82, 2.24) is 4.90 Å². The lowest BCUT2D eigenvalue weighted by Gasteiger charge is -2.13. The van der Waals surface area contributed by atoms with Gasteiger partial charge in [0.1, 0.15) is 0 Å². The number of methoxy groups -OCH3 is 1. The van der Waals surface area contributed by atoms with E-state index < -0.39 is 36.0 Å². The van der Waals surface area contributed by atoms with Crippen molar-refractivity contribution in [2.75, 3.05) is 20.3 Å². The summed E-state index contributed by atoms with van der Waals surface area (Å²) in [5, 5.41) is 0. The lowest BCUT2D eigenvalue weighted by Crippen LogP contribution is -2.32. The molecule has 2 amide bonds. The van der Waals surface area contributed by atoms with E-state index in [1.807, 2.05) is 0 Å². The maximum atomic E-state index is 13.6. The minimum atomic E-state index is -0.751. The topological polar surface area (TPSA) is 90.0 Å². The maximum absolute atomic E-state index is 13.6. The molecular formula is C20H16FNO6. The summed E-state index contributed by atoms with van der Waals surface area (Å²) in [5.74, 6) is -2.99. The third-order valence-corrected chi connectivity index (χ3v) is 4.26. The van der Waals surface area contributed by atoms with Crippen LogP contribution < -0.4 is 4.74 Å². The first kappa shape index (κ1) is 19.2. The number of ether oxygens (including phenoxy) is 2. The zero-order valence-corrected chi connectivity index (χ0v) is 14.9. The summed E-state index contributed by atoms with van der Waals surface area (Å²) < 4.78 is 23.3. The molecule has 28 heavy (non-hydrogen) atoms. The number of carbonyl (C=O) groups is 4. The van der Waals surface area contributed by atoms with Gasteiger partial charge in [-0.05, 0) is 30.3 Å². The molecule has 0 spiro atoms. The van der Waals surface area contributed by atoms with Gasteiger partial charge in [0.2, 0.25) is 0 Å². The fourth-order valence-corrected chi connectivity index (χ4v) is 2.79. The molecule has 0 fully saturated rings. The van der Waals surface area contributed by atoms with Crippen molar-refractivity contribution in [3.8, 4) is 5.75 Å². The van der Waals surface area contributed by atoms with Crippen LogP contribution in [0.2, 0.25) is 0 Å². The molecule has 0 atom stereocenters. The van der Waals surface area contributed by atoms with E-state index in [-0.39, 0.29) is 35.4 Å². The molecule has 0 aliphatic carbocycles. The van der Waals surface area contributed by atoms with Crippen molar-refractivity contribution in [3.63, 3.8) is 0 Å². The highest BCUT2D eigenvalue weighted by Crippen LogP contribution is 2.22. The van der Waals surface area contributed by atoms with E-state index in [2.05, 4.69) is 0 Å². The number of benzene rings is 2. The van der Waals surface area contributed by atoms with Gasteiger partial charge in [-0.2, -0.15) is 0 Å². The molecular weight excluding hydrogens is 369 g/mol. The predicted molar refractivity (Wildman–Crippen MR) is 94.7 cm³/mol. The standard InChI is InChI=1S/C20H16FNO6/c1-27-17-7-6-12(10-15(17)21)16(23)11-28-18(24)8-9-22-19(25)13-4-2-3-5-14(13)20(22)26/h2-7,10H,8-9,11H2,1H3. The van der Waals surface area contributed by atoms with Gasteiger partial charge in [0.05, 0.1) is 24.7 Å². The number of carbonyl (C=O) groups excluding carboxylic acids is 4. The Hall–Kier alpha value is -3.55. The second-order valence-electron chi connectivity index (χ2n) is 5.99. The molecule has 3 rings (SSSR count). The number of nitrogens with zero attached hydrogens (tertiary/aromatic N) is 1. The zero-order chi connectivity index (χ0) is 20.3. The summed E-state index contributed by atoms with van der Waals surface area (Å²) in [6, 6.07) is 10.0. The normalized spacial score (nSPS) is 12.7.